The Kier molecular flexibility index (Phi) is 4.43. The minimum absolute atomic E-state index is 0.146. The molecule has 0 aromatic heterocycles. The lowest BCUT2D eigenvalue weighted by Crippen LogP contribution is -2.40. The maximum atomic E-state index is 11.3. The summed E-state index contributed by atoms with van der Waals surface area (Å²) in [4.78, 5) is 0. The van der Waals surface area contributed by atoms with Crippen molar-refractivity contribution in [1.29, 1.82) is 0 Å². The highest BCUT2D eigenvalue weighted by Gasteiger charge is 2.23. The zero-order valence-electron chi connectivity index (χ0n) is 8.54. The van der Waals surface area contributed by atoms with Gasteiger partial charge in [0.1, 0.15) is 0 Å². The van der Waals surface area contributed by atoms with Crippen LogP contribution in [0.2, 0.25) is 0 Å². The summed E-state index contributed by atoms with van der Waals surface area (Å²) in [6.07, 6.45) is 2.56. The van der Waals surface area contributed by atoms with Gasteiger partial charge in [-0.15, -0.1) is 11.8 Å². The Morgan fingerprint density at radius 2 is 2.29 bits per heavy atom. The number of rotatable bonds is 3. The summed E-state index contributed by atoms with van der Waals surface area (Å²) in [6, 6.07) is 0.146. The fourth-order valence-corrected chi connectivity index (χ4v) is 3.32. The number of hydrogen-bond donors (Lipinski definition) is 1. The number of nitrogens with one attached hydrogen (secondary N) is 1. The van der Waals surface area contributed by atoms with Gasteiger partial charge in [0.05, 0.1) is 11.5 Å². The zero-order chi connectivity index (χ0) is 10.4. The minimum Gasteiger partial charge on any atom is -0.312 e. The van der Waals surface area contributed by atoms with Crippen LogP contribution in [0.25, 0.3) is 0 Å². The van der Waals surface area contributed by atoms with Crippen molar-refractivity contribution >= 4 is 9.84 Å². The van der Waals surface area contributed by atoms with E-state index in [1.165, 1.54) is 0 Å². The van der Waals surface area contributed by atoms with E-state index in [1.54, 1.807) is 0 Å². The molecule has 0 aromatic rings. The average molecular weight is 215 g/mol. The second-order valence-electron chi connectivity index (χ2n) is 3.58. The van der Waals surface area contributed by atoms with Crippen LogP contribution in [0.5, 0.6) is 0 Å². The topological polar surface area (TPSA) is 46.2 Å². The summed E-state index contributed by atoms with van der Waals surface area (Å²) in [7, 11) is -2.77. The molecular formula is C10H17NO2S. The van der Waals surface area contributed by atoms with Crippen LogP contribution in [-0.2, 0) is 9.84 Å². The van der Waals surface area contributed by atoms with Gasteiger partial charge in [-0.25, -0.2) is 8.42 Å². The molecule has 0 spiro atoms. The molecule has 0 aromatic carbocycles. The molecule has 0 aliphatic carbocycles. The summed E-state index contributed by atoms with van der Waals surface area (Å²) in [6.45, 7) is 2.60. The van der Waals surface area contributed by atoms with Crippen molar-refractivity contribution in [2.45, 2.75) is 32.2 Å². The second kappa shape index (κ2) is 5.38. The van der Waals surface area contributed by atoms with Crippen molar-refractivity contribution in [3.05, 3.63) is 0 Å². The third-order valence-electron chi connectivity index (χ3n) is 2.32. The lowest BCUT2D eigenvalue weighted by molar-refractivity contribution is 0.486. The molecule has 1 rings (SSSR count). The van der Waals surface area contributed by atoms with Gasteiger partial charge in [-0.05, 0) is 19.8 Å². The quantitative estimate of drug-likeness (QED) is 0.553. The first-order valence-corrected chi connectivity index (χ1v) is 6.79. The Balaban J connectivity index is 2.27. The first-order valence-electron chi connectivity index (χ1n) is 4.97. The van der Waals surface area contributed by atoms with E-state index < -0.39 is 9.84 Å². The van der Waals surface area contributed by atoms with E-state index in [-0.39, 0.29) is 6.04 Å². The summed E-state index contributed by atoms with van der Waals surface area (Å²) in [5.74, 6) is 6.42. The average Bonchev–Trinajstić information content (AvgIpc) is 2.11. The summed E-state index contributed by atoms with van der Waals surface area (Å²) in [5.41, 5.74) is 0. The van der Waals surface area contributed by atoms with Gasteiger partial charge in [0.15, 0.2) is 9.84 Å². The molecule has 0 saturated carbocycles. The normalized spacial score (nSPS) is 25.1. The molecule has 1 heterocycles. The fraction of sp³-hybridized carbons (Fsp3) is 0.800. The fourth-order valence-electron chi connectivity index (χ4n) is 1.65. The van der Waals surface area contributed by atoms with Crippen LogP contribution in [0.1, 0.15) is 26.2 Å². The Morgan fingerprint density at radius 1 is 1.50 bits per heavy atom. The molecule has 0 bridgehead atoms. The second-order valence-corrected chi connectivity index (χ2v) is 5.81. The van der Waals surface area contributed by atoms with Gasteiger partial charge in [-0.2, -0.15) is 0 Å². The maximum Gasteiger partial charge on any atom is 0.151 e. The van der Waals surface area contributed by atoms with Crippen LogP contribution in [0.3, 0.4) is 0 Å². The van der Waals surface area contributed by atoms with Gasteiger partial charge >= 0.3 is 0 Å². The van der Waals surface area contributed by atoms with Gasteiger partial charge in [0.2, 0.25) is 0 Å². The summed E-state index contributed by atoms with van der Waals surface area (Å²) >= 11 is 0. The Hall–Kier alpha value is -0.530. The maximum absolute atomic E-state index is 11.3. The van der Waals surface area contributed by atoms with Crippen molar-refractivity contribution in [3.8, 4) is 11.8 Å². The predicted octanol–water partition coefficient (Wildman–Crippen LogP) is 0.567. The van der Waals surface area contributed by atoms with Crippen molar-refractivity contribution < 1.29 is 8.42 Å². The SMILES string of the molecule is CC#CCCNC1CCCS(=O)(=O)C1. The molecule has 1 aliphatic rings. The molecule has 1 unspecified atom stereocenters. The lowest BCUT2D eigenvalue weighted by Gasteiger charge is -2.22. The molecule has 1 aliphatic heterocycles. The van der Waals surface area contributed by atoms with Crippen LogP contribution >= 0.6 is 0 Å². The van der Waals surface area contributed by atoms with Crippen LogP contribution in [-0.4, -0.2) is 32.5 Å². The van der Waals surface area contributed by atoms with Crippen molar-refractivity contribution in [2.75, 3.05) is 18.1 Å². The van der Waals surface area contributed by atoms with E-state index in [4.69, 9.17) is 0 Å². The molecule has 1 N–H and O–H groups in total. The monoisotopic (exact) mass is 215 g/mol. The molecule has 14 heavy (non-hydrogen) atoms. The van der Waals surface area contributed by atoms with Crippen molar-refractivity contribution in [3.63, 3.8) is 0 Å². The summed E-state index contributed by atoms with van der Waals surface area (Å²) < 4.78 is 22.6. The van der Waals surface area contributed by atoms with Crippen LogP contribution in [0.15, 0.2) is 0 Å². The Bertz CT molecular complexity index is 324. The van der Waals surface area contributed by atoms with Crippen molar-refractivity contribution in [2.24, 2.45) is 0 Å². The largest absolute Gasteiger partial charge is 0.312 e. The van der Waals surface area contributed by atoms with Crippen LogP contribution in [0.4, 0.5) is 0 Å². The molecule has 1 fully saturated rings. The van der Waals surface area contributed by atoms with Gasteiger partial charge < -0.3 is 5.32 Å². The molecule has 3 nitrogen and oxygen atoms in total. The molecule has 0 radical (unpaired) electrons. The van der Waals surface area contributed by atoms with E-state index in [0.29, 0.717) is 11.5 Å². The van der Waals surface area contributed by atoms with Gasteiger partial charge in [0, 0.05) is 19.0 Å². The predicted molar refractivity (Wildman–Crippen MR) is 57.7 cm³/mol. The van der Waals surface area contributed by atoms with E-state index in [2.05, 4.69) is 17.2 Å². The summed E-state index contributed by atoms with van der Waals surface area (Å²) in [5, 5.41) is 3.23. The lowest BCUT2D eigenvalue weighted by atomic mass is 10.2. The standard InChI is InChI=1S/C10H17NO2S/c1-2-3-4-7-11-10-6-5-8-14(12,13)9-10/h10-11H,4-9H2,1H3. The van der Waals surface area contributed by atoms with E-state index >= 15 is 0 Å². The number of hydrogen-bond acceptors (Lipinski definition) is 3. The van der Waals surface area contributed by atoms with E-state index in [0.717, 1.165) is 25.8 Å². The van der Waals surface area contributed by atoms with Gasteiger partial charge in [0.25, 0.3) is 0 Å². The molecule has 1 atom stereocenters. The Labute approximate surface area is 86.2 Å². The Morgan fingerprint density at radius 3 is 2.93 bits per heavy atom. The third-order valence-corrected chi connectivity index (χ3v) is 4.14. The zero-order valence-corrected chi connectivity index (χ0v) is 9.36. The first-order chi connectivity index (χ1) is 6.64. The molecule has 4 heteroatoms. The van der Waals surface area contributed by atoms with Gasteiger partial charge in [-0.3, -0.25) is 0 Å². The van der Waals surface area contributed by atoms with Crippen LogP contribution in [0, 0.1) is 11.8 Å². The van der Waals surface area contributed by atoms with Crippen molar-refractivity contribution in [1.82, 2.24) is 5.32 Å². The third kappa shape index (κ3) is 4.12. The number of sulfone groups is 1. The molecular weight excluding hydrogens is 198 g/mol. The molecule has 80 valence electrons. The van der Waals surface area contributed by atoms with E-state index in [1.807, 2.05) is 6.92 Å². The highest BCUT2D eigenvalue weighted by atomic mass is 32.2. The minimum atomic E-state index is -2.77. The van der Waals surface area contributed by atoms with Crippen LogP contribution < -0.4 is 5.32 Å². The van der Waals surface area contributed by atoms with E-state index in [9.17, 15) is 8.42 Å². The first kappa shape index (κ1) is 11.5. The molecule has 0 amide bonds. The molecule has 1 saturated heterocycles. The highest BCUT2D eigenvalue weighted by Crippen LogP contribution is 2.11. The highest BCUT2D eigenvalue weighted by molar-refractivity contribution is 7.91. The smallest absolute Gasteiger partial charge is 0.151 e. The van der Waals surface area contributed by atoms with Gasteiger partial charge in [-0.1, -0.05) is 0 Å².